The van der Waals surface area contributed by atoms with Crippen LogP contribution in [0.5, 0.6) is 0 Å². The van der Waals surface area contributed by atoms with Gasteiger partial charge in [-0.25, -0.2) is 0 Å². The van der Waals surface area contributed by atoms with Gasteiger partial charge in [0.25, 0.3) is 10.1 Å². The first-order chi connectivity index (χ1) is 5.68. The summed E-state index contributed by atoms with van der Waals surface area (Å²) in [4.78, 5) is 10.6. The molecule has 0 saturated heterocycles. The Kier molecular flexibility index (Phi) is 3.39. The molecule has 1 unspecified atom stereocenters. The van der Waals surface area contributed by atoms with Crippen LogP contribution in [0.25, 0.3) is 0 Å². The third-order valence-electron chi connectivity index (χ3n) is 1.38. The zero-order valence-electron chi connectivity index (χ0n) is 7.15. The SMILES string of the molecule is C=C(C)C(C(=C)C(N)=O)S(=O)(=O)O. The number of nitrogens with two attached hydrogens (primary N) is 1. The summed E-state index contributed by atoms with van der Waals surface area (Å²) in [6.07, 6.45) is 0. The van der Waals surface area contributed by atoms with E-state index in [1.54, 1.807) is 0 Å². The van der Waals surface area contributed by atoms with Crippen molar-refractivity contribution in [3.8, 4) is 0 Å². The molecule has 3 N–H and O–H groups in total. The lowest BCUT2D eigenvalue weighted by atomic mass is 10.1. The third-order valence-corrected chi connectivity index (χ3v) is 2.66. The van der Waals surface area contributed by atoms with Crippen molar-refractivity contribution in [2.24, 2.45) is 5.73 Å². The third kappa shape index (κ3) is 3.00. The molecule has 0 heterocycles. The molecule has 0 fully saturated rings. The van der Waals surface area contributed by atoms with Crippen molar-refractivity contribution in [1.29, 1.82) is 0 Å². The molecule has 13 heavy (non-hydrogen) atoms. The molecule has 0 aliphatic rings. The van der Waals surface area contributed by atoms with Crippen molar-refractivity contribution in [3.05, 3.63) is 24.3 Å². The Hall–Kier alpha value is -1.14. The molecule has 0 bridgehead atoms. The number of hydrogen-bond donors (Lipinski definition) is 2. The molecule has 6 heteroatoms. The molecular formula is C7H11NO4S. The van der Waals surface area contributed by atoms with Crippen LogP contribution in [0, 0.1) is 0 Å². The highest BCUT2D eigenvalue weighted by Gasteiger charge is 2.29. The summed E-state index contributed by atoms with van der Waals surface area (Å²) in [5.41, 5.74) is 4.51. The Morgan fingerprint density at radius 2 is 1.85 bits per heavy atom. The lowest BCUT2D eigenvalue weighted by molar-refractivity contribution is -0.114. The van der Waals surface area contributed by atoms with Gasteiger partial charge in [0.05, 0.1) is 0 Å². The molecule has 1 amide bonds. The maximum absolute atomic E-state index is 10.7. The zero-order chi connectivity index (χ0) is 10.8. The van der Waals surface area contributed by atoms with Gasteiger partial charge in [-0.2, -0.15) is 8.42 Å². The number of carbonyl (C=O) groups is 1. The Bertz CT molecular complexity index is 355. The Balaban J connectivity index is 5.20. The average Bonchev–Trinajstić information content (AvgIpc) is 1.82. The first kappa shape index (κ1) is 11.9. The number of hydrogen-bond acceptors (Lipinski definition) is 3. The van der Waals surface area contributed by atoms with E-state index in [9.17, 15) is 13.2 Å². The fourth-order valence-electron chi connectivity index (χ4n) is 0.861. The van der Waals surface area contributed by atoms with E-state index in [1.807, 2.05) is 0 Å². The number of amides is 1. The number of rotatable bonds is 4. The van der Waals surface area contributed by atoms with Crippen molar-refractivity contribution in [3.63, 3.8) is 0 Å². The minimum atomic E-state index is -4.41. The highest BCUT2D eigenvalue weighted by Crippen LogP contribution is 2.16. The molecular weight excluding hydrogens is 194 g/mol. The number of primary amides is 1. The largest absolute Gasteiger partial charge is 0.366 e. The maximum atomic E-state index is 10.7. The summed E-state index contributed by atoms with van der Waals surface area (Å²) < 4.78 is 30.2. The summed E-state index contributed by atoms with van der Waals surface area (Å²) in [7, 11) is -4.41. The van der Waals surface area contributed by atoms with Crippen molar-refractivity contribution in [2.45, 2.75) is 12.2 Å². The minimum Gasteiger partial charge on any atom is -0.366 e. The smallest absolute Gasteiger partial charge is 0.276 e. The van der Waals surface area contributed by atoms with Crippen molar-refractivity contribution < 1.29 is 17.8 Å². The van der Waals surface area contributed by atoms with Crippen LogP contribution in [0.15, 0.2) is 24.3 Å². The normalized spacial score (nSPS) is 13.4. The van der Waals surface area contributed by atoms with Crippen LogP contribution >= 0.6 is 0 Å². The van der Waals surface area contributed by atoms with Gasteiger partial charge in [-0.1, -0.05) is 18.7 Å². The first-order valence-electron chi connectivity index (χ1n) is 3.28. The second kappa shape index (κ2) is 3.71. The van der Waals surface area contributed by atoms with E-state index in [1.165, 1.54) is 6.92 Å². The van der Waals surface area contributed by atoms with Gasteiger partial charge < -0.3 is 5.73 Å². The fourth-order valence-corrected chi connectivity index (χ4v) is 1.84. The highest BCUT2D eigenvalue weighted by atomic mass is 32.2. The summed E-state index contributed by atoms with van der Waals surface area (Å²) in [5.74, 6) is -0.981. The molecule has 74 valence electrons. The molecule has 1 atom stereocenters. The quantitative estimate of drug-likeness (QED) is 0.379. The second-order valence-corrected chi connectivity index (χ2v) is 4.13. The Labute approximate surface area is 76.7 Å². The van der Waals surface area contributed by atoms with E-state index >= 15 is 0 Å². The van der Waals surface area contributed by atoms with Crippen LogP contribution in [0.3, 0.4) is 0 Å². The van der Waals surface area contributed by atoms with Crippen LogP contribution in [0.1, 0.15) is 6.92 Å². The van der Waals surface area contributed by atoms with E-state index in [-0.39, 0.29) is 5.57 Å². The van der Waals surface area contributed by atoms with Gasteiger partial charge in [0.2, 0.25) is 5.91 Å². The fraction of sp³-hybridized carbons (Fsp3) is 0.286. The van der Waals surface area contributed by atoms with E-state index < -0.39 is 26.8 Å². The minimum absolute atomic E-state index is 0.0892. The van der Waals surface area contributed by atoms with Crippen LogP contribution in [-0.2, 0) is 14.9 Å². The van der Waals surface area contributed by atoms with Gasteiger partial charge in [-0.15, -0.1) is 0 Å². The van der Waals surface area contributed by atoms with Gasteiger partial charge >= 0.3 is 0 Å². The van der Waals surface area contributed by atoms with E-state index in [2.05, 4.69) is 13.2 Å². The lowest BCUT2D eigenvalue weighted by Gasteiger charge is -2.13. The van der Waals surface area contributed by atoms with Gasteiger partial charge in [0.1, 0.15) is 5.25 Å². The topological polar surface area (TPSA) is 97.5 Å². The number of carbonyl (C=O) groups excluding carboxylic acids is 1. The molecule has 5 nitrogen and oxygen atoms in total. The van der Waals surface area contributed by atoms with Crippen LogP contribution in [0.4, 0.5) is 0 Å². The van der Waals surface area contributed by atoms with Gasteiger partial charge in [-0.05, 0) is 6.92 Å². The molecule has 0 aliphatic heterocycles. The molecule has 0 aliphatic carbocycles. The van der Waals surface area contributed by atoms with Crippen molar-refractivity contribution in [2.75, 3.05) is 0 Å². The van der Waals surface area contributed by atoms with E-state index in [0.717, 1.165) is 0 Å². The van der Waals surface area contributed by atoms with Crippen molar-refractivity contribution >= 4 is 16.0 Å². The van der Waals surface area contributed by atoms with E-state index in [0.29, 0.717) is 0 Å². The molecule has 0 radical (unpaired) electrons. The van der Waals surface area contributed by atoms with Gasteiger partial charge in [-0.3, -0.25) is 9.35 Å². The molecule has 0 aromatic rings. The highest BCUT2D eigenvalue weighted by molar-refractivity contribution is 7.86. The second-order valence-electron chi connectivity index (χ2n) is 2.63. The maximum Gasteiger partial charge on any atom is 0.276 e. The predicted molar refractivity (Wildman–Crippen MR) is 48.5 cm³/mol. The van der Waals surface area contributed by atoms with Gasteiger partial charge in [0.15, 0.2) is 0 Å². The Morgan fingerprint density at radius 3 is 1.92 bits per heavy atom. The first-order valence-corrected chi connectivity index (χ1v) is 4.78. The van der Waals surface area contributed by atoms with Crippen LogP contribution < -0.4 is 5.73 Å². The van der Waals surface area contributed by atoms with Crippen LogP contribution in [0.2, 0.25) is 0 Å². The summed E-state index contributed by atoms with van der Waals surface area (Å²) in [6.45, 7) is 7.84. The van der Waals surface area contributed by atoms with Gasteiger partial charge in [0, 0.05) is 5.57 Å². The average molecular weight is 205 g/mol. The summed E-state index contributed by atoms with van der Waals surface area (Å²) in [6, 6.07) is 0. The molecule has 0 spiro atoms. The summed E-state index contributed by atoms with van der Waals surface area (Å²) >= 11 is 0. The standard InChI is InChI=1S/C7H11NO4S/c1-4(2)6(13(10,11)12)5(3)7(8)9/h6H,1,3H2,2H3,(H2,8,9)(H,10,11,12). The van der Waals surface area contributed by atoms with Crippen molar-refractivity contribution in [1.82, 2.24) is 0 Å². The Morgan fingerprint density at radius 1 is 1.46 bits per heavy atom. The van der Waals surface area contributed by atoms with E-state index in [4.69, 9.17) is 10.3 Å². The summed E-state index contributed by atoms with van der Waals surface area (Å²) in [5, 5.41) is -1.51. The zero-order valence-corrected chi connectivity index (χ0v) is 7.97. The van der Waals surface area contributed by atoms with Crippen LogP contribution in [-0.4, -0.2) is 24.1 Å². The molecule has 0 rings (SSSR count). The molecule has 0 aromatic heterocycles. The molecule has 0 aromatic carbocycles. The predicted octanol–water partition coefficient (Wildman–Crippen LogP) is -0.140. The lowest BCUT2D eigenvalue weighted by Crippen LogP contribution is -2.30. The monoisotopic (exact) mass is 205 g/mol. The molecule has 0 saturated carbocycles.